The molecule has 0 saturated heterocycles. The number of nitrogens with one attached hydrogen (secondary N) is 1. The Kier molecular flexibility index (Phi) is 5.56. The first-order valence-corrected chi connectivity index (χ1v) is 4.21. The molecule has 0 amide bonds. The molecule has 0 rings (SSSR count). The fraction of sp³-hybridized carbons (Fsp3) is 0.750. The van der Waals surface area contributed by atoms with Crippen molar-refractivity contribution in [1.29, 1.82) is 0 Å². The molecular formula is C8H16ClNO. The molecule has 0 radical (unpaired) electrons. The van der Waals surface area contributed by atoms with Gasteiger partial charge in [-0.2, -0.15) is 5.48 Å². The summed E-state index contributed by atoms with van der Waals surface area (Å²) in [5.74, 6) is 0.553. The van der Waals surface area contributed by atoms with E-state index in [0.717, 1.165) is 0 Å². The van der Waals surface area contributed by atoms with Crippen molar-refractivity contribution in [2.75, 3.05) is 12.4 Å². The van der Waals surface area contributed by atoms with Gasteiger partial charge in [0, 0.05) is 12.4 Å². The second-order valence-electron chi connectivity index (χ2n) is 3.19. The number of hydrogen-bond donors (Lipinski definition) is 1. The molecule has 0 aliphatic rings. The molecule has 0 aliphatic heterocycles. The monoisotopic (exact) mass is 177 g/mol. The van der Waals surface area contributed by atoms with Gasteiger partial charge in [0.15, 0.2) is 0 Å². The van der Waals surface area contributed by atoms with Crippen LogP contribution in [0.4, 0.5) is 0 Å². The fourth-order valence-corrected chi connectivity index (χ4v) is 0.579. The maximum absolute atomic E-state index is 5.41. The highest BCUT2D eigenvalue weighted by Crippen LogP contribution is 2.02. The van der Waals surface area contributed by atoms with Crippen LogP contribution < -0.4 is 5.48 Å². The van der Waals surface area contributed by atoms with Crippen LogP contribution in [0, 0.1) is 0 Å². The van der Waals surface area contributed by atoms with Crippen LogP contribution in [0.2, 0.25) is 0 Å². The van der Waals surface area contributed by atoms with Gasteiger partial charge in [0.2, 0.25) is 0 Å². The minimum absolute atomic E-state index is 0.130. The molecule has 0 saturated carbocycles. The zero-order valence-electron chi connectivity index (χ0n) is 7.36. The zero-order chi connectivity index (χ0) is 8.74. The van der Waals surface area contributed by atoms with E-state index in [4.69, 9.17) is 16.4 Å². The maximum Gasteiger partial charge on any atom is 0.0813 e. The predicted molar refractivity (Wildman–Crippen MR) is 48.7 cm³/mol. The second kappa shape index (κ2) is 5.58. The summed E-state index contributed by atoms with van der Waals surface area (Å²) in [6.45, 7) is 6.67. The van der Waals surface area contributed by atoms with Crippen LogP contribution in [-0.2, 0) is 4.84 Å². The number of hydrogen-bond acceptors (Lipinski definition) is 2. The lowest BCUT2D eigenvalue weighted by atomic mass is 10.2. The van der Waals surface area contributed by atoms with Crippen molar-refractivity contribution in [2.45, 2.75) is 26.4 Å². The van der Waals surface area contributed by atoms with E-state index in [1.165, 1.54) is 0 Å². The summed E-state index contributed by atoms with van der Waals surface area (Å²) < 4.78 is 0. The third kappa shape index (κ3) is 9.95. The average Bonchev–Trinajstić information content (AvgIpc) is 1.85. The lowest BCUT2D eigenvalue weighted by Gasteiger charge is -2.18. The maximum atomic E-state index is 5.41. The molecule has 1 N–H and O–H groups in total. The molecule has 0 aromatic carbocycles. The summed E-state index contributed by atoms with van der Waals surface area (Å²) in [6, 6.07) is 0. The summed E-state index contributed by atoms with van der Waals surface area (Å²) in [5, 5.41) is 0. The van der Waals surface area contributed by atoms with E-state index >= 15 is 0 Å². The summed E-state index contributed by atoms with van der Waals surface area (Å²) in [4.78, 5) is 5.23. The Hall–Kier alpha value is -0.0500. The van der Waals surface area contributed by atoms with Crippen LogP contribution >= 0.6 is 11.6 Å². The summed E-state index contributed by atoms with van der Waals surface area (Å²) in [7, 11) is 0. The minimum Gasteiger partial charge on any atom is -0.296 e. The Balaban J connectivity index is 3.21. The predicted octanol–water partition coefficient (Wildman–Crippen LogP) is 2.10. The number of alkyl halides is 1. The summed E-state index contributed by atoms with van der Waals surface area (Å²) >= 11 is 5.41. The first-order chi connectivity index (χ1) is 5.06. The molecule has 0 aromatic rings. The van der Waals surface area contributed by atoms with E-state index in [-0.39, 0.29) is 5.60 Å². The Morgan fingerprint density at radius 3 is 2.45 bits per heavy atom. The number of hydroxylamine groups is 1. The fourth-order valence-electron chi connectivity index (χ4n) is 0.453. The SMILES string of the molecule is CC(C)(C)ONC/C=C/CCl. The van der Waals surface area contributed by atoms with E-state index in [0.29, 0.717) is 12.4 Å². The third-order valence-corrected chi connectivity index (χ3v) is 1.01. The van der Waals surface area contributed by atoms with Crippen LogP contribution in [0.5, 0.6) is 0 Å². The molecule has 0 aliphatic carbocycles. The van der Waals surface area contributed by atoms with Crippen LogP contribution in [0.25, 0.3) is 0 Å². The van der Waals surface area contributed by atoms with Crippen LogP contribution in [0.1, 0.15) is 20.8 Å². The molecule has 0 spiro atoms. The van der Waals surface area contributed by atoms with Gasteiger partial charge < -0.3 is 0 Å². The van der Waals surface area contributed by atoms with Crippen LogP contribution in [0.3, 0.4) is 0 Å². The van der Waals surface area contributed by atoms with Gasteiger partial charge in [-0.1, -0.05) is 12.2 Å². The zero-order valence-corrected chi connectivity index (χ0v) is 8.11. The molecule has 0 aromatic heterocycles. The smallest absolute Gasteiger partial charge is 0.0813 e. The lowest BCUT2D eigenvalue weighted by Crippen LogP contribution is -2.29. The van der Waals surface area contributed by atoms with E-state index in [1.807, 2.05) is 32.9 Å². The van der Waals surface area contributed by atoms with E-state index in [2.05, 4.69) is 5.48 Å². The van der Waals surface area contributed by atoms with Crippen LogP contribution in [0.15, 0.2) is 12.2 Å². The highest BCUT2D eigenvalue weighted by Gasteiger charge is 2.08. The Labute approximate surface area is 73.5 Å². The van der Waals surface area contributed by atoms with Gasteiger partial charge in [-0.15, -0.1) is 11.6 Å². The second-order valence-corrected chi connectivity index (χ2v) is 3.50. The van der Waals surface area contributed by atoms with Crippen molar-refractivity contribution in [3.05, 3.63) is 12.2 Å². The molecule has 0 fully saturated rings. The highest BCUT2D eigenvalue weighted by atomic mass is 35.5. The molecular weight excluding hydrogens is 162 g/mol. The van der Waals surface area contributed by atoms with Crippen molar-refractivity contribution < 1.29 is 4.84 Å². The standard InChI is InChI=1S/C8H16ClNO/c1-8(2,3)11-10-7-5-4-6-9/h4-5,10H,6-7H2,1-3H3/b5-4+. The first kappa shape index (κ1) is 11.0. The largest absolute Gasteiger partial charge is 0.296 e. The van der Waals surface area contributed by atoms with E-state index in [1.54, 1.807) is 0 Å². The number of rotatable bonds is 4. The van der Waals surface area contributed by atoms with Gasteiger partial charge in [0.1, 0.15) is 0 Å². The van der Waals surface area contributed by atoms with Gasteiger partial charge in [-0.05, 0) is 20.8 Å². The van der Waals surface area contributed by atoms with E-state index < -0.39 is 0 Å². The number of allylic oxidation sites excluding steroid dienone is 1. The summed E-state index contributed by atoms with van der Waals surface area (Å²) in [6.07, 6.45) is 3.80. The average molecular weight is 178 g/mol. The molecule has 0 bridgehead atoms. The van der Waals surface area contributed by atoms with Crippen molar-refractivity contribution in [3.8, 4) is 0 Å². The summed E-state index contributed by atoms with van der Waals surface area (Å²) in [5.41, 5.74) is 2.68. The van der Waals surface area contributed by atoms with Crippen LogP contribution in [-0.4, -0.2) is 18.0 Å². The van der Waals surface area contributed by atoms with E-state index in [9.17, 15) is 0 Å². The van der Waals surface area contributed by atoms with Gasteiger partial charge in [-0.25, -0.2) is 0 Å². The topological polar surface area (TPSA) is 21.3 Å². The normalized spacial score (nSPS) is 12.7. The molecule has 3 heteroatoms. The van der Waals surface area contributed by atoms with Crippen molar-refractivity contribution >= 4 is 11.6 Å². The lowest BCUT2D eigenvalue weighted by molar-refractivity contribution is -0.0677. The van der Waals surface area contributed by atoms with Crippen molar-refractivity contribution in [1.82, 2.24) is 5.48 Å². The Bertz CT molecular complexity index is 118. The Morgan fingerprint density at radius 2 is 2.00 bits per heavy atom. The molecule has 66 valence electrons. The minimum atomic E-state index is -0.130. The molecule has 0 atom stereocenters. The molecule has 11 heavy (non-hydrogen) atoms. The van der Waals surface area contributed by atoms with Crippen molar-refractivity contribution in [3.63, 3.8) is 0 Å². The molecule has 2 nitrogen and oxygen atoms in total. The van der Waals surface area contributed by atoms with Gasteiger partial charge >= 0.3 is 0 Å². The van der Waals surface area contributed by atoms with Gasteiger partial charge in [0.25, 0.3) is 0 Å². The molecule has 0 unspecified atom stereocenters. The third-order valence-electron chi connectivity index (χ3n) is 0.835. The first-order valence-electron chi connectivity index (χ1n) is 3.68. The van der Waals surface area contributed by atoms with Gasteiger partial charge in [-0.3, -0.25) is 4.84 Å². The van der Waals surface area contributed by atoms with Crippen molar-refractivity contribution in [2.24, 2.45) is 0 Å². The number of halogens is 1. The van der Waals surface area contributed by atoms with Gasteiger partial charge in [0.05, 0.1) is 5.60 Å². The Morgan fingerprint density at radius 1 is 1.36 bits per heavy atom. The quantitative estimate of drug-likeness (QED) is 0.307. The highest BCUT2D eigenvalue weighted by molar-refractivity contribution is 6.18. The molecule has 0 heterocycles.